The van der Waals surface area contributed by atoms with Crippen LogP contribution in [-0.4, -0.2) is 179 Å². The minimum absolute atomic E-state index is 0.0198. The lowest BCUT2D eigenvalue weighted by Crippen LogP contribution is -2.77. The molecule has 8 saturated heterocycles. The first-order chi connectivity index (χ1) is 56.2. The molecular formula is C92H110O21SSi2. The Morgan fingerprint density at radius 2 is 0.569 bits per heavy atom. The SMILES string of the molecule is C[SiH](C)[C@]1(O[C@H]2[C@@H](OCc3ccccc3)[C@@H]3OC(c4ccccc4)OC[C@H]3O[C@@H]2S(=O)[C@H]2O[C@@H]3COC(c4ccccc4)O[C@H]3[C@H](OCc3ccccc3)[C@@H]2O[C@@]2([SiH](C)C)O[C@@H]3COC(c4ccccc4)O[C@H]3[C@H](OCc3ccccc3)[C@@H]2OC(C)(C)C)O[C@@H]2COC(c3ccccc3)O[C@H]2[C@H](OCc2ccccc2)[C@@H]1OC(C)(C)C. The second kappa shape index (κ2) is 36.9. The number of fused-ring (bicyclic) bond motifs is 4. The highest BCUT2D eigenvalue weighted by atomic mass is 32.2. The number of ether oxygens (including phenoxy) is 20. The van der Waals surface area contributed by atoms with Crippen LogP contribution in [0, 0.1) is 0 Å². The van der Waals surface area contributed by atoms with Gasteiger partial charge in [-0.15, -0.1) is 0 Å². The monoisotopic (exact) mass is 1640 g/mol. The van der Waals surface area contributed by atoms with E-state index in [9.17, 15) is 0 Å². The number of hydrogen-bond acceptors (Lipinski definition) is 21. The first-order valence-corrected chi connectivity index (χ1v) is 48.0. The molecule has 0 aliphatic carbocycles. The lowest BCUT2D eigenvalue weighted by Gasteiger charge is -2.60. The van der Waals surface area contributed by atoms with Gasteiger partial charge in [0.1, 0.15) is 115 Å². The lowest BCUT2D eigenvalue weighted by atomic mass is 9.94. The van der Waals surface area contributed by atoms with Gasteiger partial charge in [-0.3, -0.25) is 4.21 Å². The molecule has 0 spiro atoms. The molecule has 8 aliphatic rings. The van der Waals surface area contributed by atoms with Crippen LogP contribution in [0.4, 0.5) is 0 Å². The molecule has 0 saturated carbocycles. The third kappa shape index (κ3) is 18.7. The third-order valence-electron chi connectivity index (χ3n) is 22.5. The largest absolute Gasteiger partial charge is 0.368 e. The van der Waals surface area contributed by atoms with Gasteiger partial charge < -0.3 is 94.7 Å². The van der Waals surface area contributed by atoms with Crippen molar-refractivity contribution >= 4 is 28.4 Å². The summed E-state index contributed by atoms with van der Waals surface area (Å²) in [4.78, 5) is 0. The van der Waals surface area contributed by atoms with Crippen molar-refractivity contribution in [3.8, 4) is 0 Å². The molecule has 21 nitrogen and oxygen atoms in total. The van der Waals surface area contributed by atoms with Gasteiger partial charge in [0.05, 0.1) is 74.9 Å². The Labute approximate surface area is 686 Å². The van der Waals surface area contributed by atoms with Crippen molar-refractivity contribution in [2.24, 2.45) is 0 Å². The maximum Gasteiger partial charge on any atom is 0.184 e. The summed E-state index contributed by atoms with van der Waals surface area (Å²) in [6.07, 6.45) is -19.4. The van der Waals surface area contributed by atoms with Crippen molar-refractivity contribution in [3.05, 3.63) is 287 Å². The summed E-state index contributed by atoms with van der Waals surface area (Å²) in [5.41, 5.74) is -1.52. The molecule has 8 aromatic carbocycles. The molecule has 0 radical (unpaired) electrons. The molecule has 0 bridgehead atoms. The van der Waals surface area contributed by atoms with E-state index in [4.69, 9.17) is 94.7 Å². The molecule has 4 unspecified atom stereocenters. The molecule has 24 atom stereocenters. The maximum absolute atomic E-state index is 18.4. The predicted molar refractivity (Wildman–Crippen MR) is 438 cm³/mol. The average Bonchev–Trinajstić information content (AvgIpc) is 0.723. The maximum atomic E-state index is 18.4. The zero-order valence-corrected chi connectivity index (χ0v) is 70.7. The molecule has 8 aromatic rings. The van der Waals surface area contributed by atoms with E-state index in [0.717, 1.165) is 44.5 Å². The van der Waals surface area contributed by atoms with Crippen LogP contribution in [0.5, 0.6) is 0 Å². The topological polar surface area (TPSA) is 202 Å². The predicted octanol–water partition coefficient (Wildman–Crippen LogP) is 14.4. The normalized spacial score (nSPS) is 34.4. The smallest absolute Gasteiger partial charge is 0.184 e. The van der Waals surface area contributed by atoms with Gasteiger partial charge in [0, 0.05) is 22.3 Å². The minimum Gasteiger partial charge on any atom is -0.368 e. The highest BCUT2D eigenvalue weighted by molar-refractivity contribution is 7.86. The quantitative estimate of drug-likeness (QED) is 0.0463. The van der Waals surface area contributed by atoms with Crippen LogP contribution in [0.15, 0.2) is 243 Å². The van der Waals surface area contributed by atoms with E-state index in [2.05, 4.69) is 26.2 Å². The second-order valence-electron chi connectivity index (χ2n) is 33.7. The van der Waals surface area contributed by atoms with Crippen molar-refractivity contribution in [1.82, 2.24) is 0 Å². The van der Waals surface area contributed by atoms with Crippen LogP contribution in [0.25, 0.3) is 0 Å². The van der Waals surface area contributed by atoms with Gasteiger partial charge in [-0.05, 0) is 63.8 Å². The Bertz CT molecular complexity index is 4120. The highest BCUT2D eigenvalue weighted by Crippen LogP contribution is 2.52. The third-order valence-corrected chi connectivity index (χ3v) is 28.6. The van der Waals surface area contributed by atoms with E-state index in [1.54, 1.807) is 0 Å². The fourth-order valence-electron chi connectivity index (χ4n) is 16.9. The Balaban J connectivity index is 0.873. The summed E-state index contributed by atoms with van der Waals surface area (Å²) in [5.74, 6) is 0. The van der Waals surface area contributed by atoms with E-state index in [0.29, 0.717) is 0 Å². The number of hydrogen-bond donors (Lipinski definition) is 0. The highest BCUT2D eigenvalue weighted by Gasteiger charge is 2.69. The summed E-state index contributed by atoms with van der Waals surface area (Å²) >= 11 is 0. The van der Waals surface area contributed by atoms with Crippen LogP contribution in [-0.2, 0) is 132 Å². The van der Waals surface area contributed by atoms with Crippen LogP contribution >= 0.6 is 0 Å². The van der Waals surface area contributed by atoms with E-state index < -0.39 is 184 Å². The summed E-state index contributed by atoms with van der Waals surface area (Å²) in [6, 6.07) is 79.1. The van der Waals surface area contributed by atoms with Gasteiger partial charge in [0.15, 0.2) is 46.9 Å². The fraction of sp³-hybridized carbons (Fsp3) is 0.478. The Morgan fingerprint density at radius 1 is 0.328 bits per heavy atom. The van der Waals surface area contributed by atoms with Crippen molar-refractivity contribution in [2.45, 2.75) is 250 Å². The van der Waals surface area contributed by atoms with Gasteiger partial charge in [-0.2, -0.15) is 0 Å². The van der Waals surface area contributed by atoms with Crippen LogP contribution in [0.3, 0.4) is 0 Å². The molecule has 8 heterocycles. The van der Waals surface area contributed by atoms with Crippen molar-refractivity contribution in [1.29, 1.82) is 0 Å². The molecule has 8 aliphatic heterocycles. The van der Waals surface area contributed by atoms with Crippen LogP contribution in [0.2, 0.25) is 26.2 Å². The van der Waals surface area contributed by atoms with Crippen molar-refractivity contribution in [2.75, 3.05) is 26.4 Å². The fourth-order valence-corrected chi connectivity index (χ4v) is 22.3. The van der Waals surface area contributed by atoms with Gasteiger partial charge in [-0.1, -0.05) is 269 Å². The average molecular weight is 1640 g/mol. The van der Waals surface area contributed by atoms with Crippen molar-refractivity contribution < 1.29 is 98.9 Å². The number of benzene rings is 8. The first-order valence-electron chi connectivity index (χ1n) is 40.9. The van der Waals surface area contributed by atoms with E-state index in [-0.39, 0.29) is 52.9 Å². The first kappa shape index (κ1) is 83.2. The van der Waals surface area contributed by atoms with E-state index in [1.165, 1.54) is 0 Å². The number of rotatable bonds is 26. The molecular weight excluding hydrogens is 1530 g/mol. The Hall–Kier alpha value is -6.46. The molecule has 0 aromatic heterocycles. The van der Waals surface area contributed by atoms with Gasteiger partial charge in [-0.25, -0.2) is 0 Å². The second-order valence-corrected chi connectivity index (χ2v) is 41.5. The zero-order chi connectivity index (χ0) is 80.1. The van der Waals surface area contributed by atoms with Crippen LogP contribution < -0.4 is 0 Å². The molecule has 116 heavy (non-hydrogen) atoms. The van der Waals surface area contributed by atoms with Gasteiger partial charge >= 0.3 is 0 Å². The standard InChI is InChI=1S/C92H110O21SSi2/c1-89(2,3)112-81-77(96-53-61-39-23-13-24-40-61)73-69(57-100-85(106-73)65-47-31-17-32-48-65)108-91(81,115(7)8)110-79-75(94-51-59-35-19-11-20-36-59)71-67(55-98-83(104-71)63-43-27-15-28-44-63)102-87(79)114(93)88-80(76(95-52-60-37-21-12-22-38-60)72-68(103-88)56-99-84(105-72)64-45-29-16-30-46-64)111-92(116(9)10)82(113-90(4,5)6)78(97-54-62-41-25-14-26-42-62)74-70(109-92)58-101-86(107-74)66-49-33-18-34-50-66/h11-50,67-88,115-116H,51-58H2,1-10H3/t67-,68-,69-,70-,71-,72-,73-,74-,75+,76+,77+,78+,79+,80+,81+,82+,83?,84?,85?,86?,87-,88-,91+,92+,114?/m1/s1. The summed E-state index contributed by atoms with van der Waals surface area (Å²) in [7, 11) is -7.77. The van der Waals surface area contributed by atoms with Gasteiger partial charge in [0.2, 0.25) is 0 Å². The lowest BCUT2D eigenvalue weighted by molar-refractivity contribution is -0.415. The van der Waals surface area contributed by atoms with Crippen LogP contribution in [0.1, 0.15) is 111 Å². The summed E-state index contributed by atoms with van der Waals surface area (Å²) in [6.45, 7) is 21.3. The minimum atomic E-state index is -2.64. The molecule has 8 fully saturated rings. The molecule has 24 heteroatoms. The Kier molecular flexibility index (Phi) is 26.4. The summed E-state index contributed by atoms with van der Waals surface area (Å²) < 4.78 is 168. The molecule has 618 valence electrons. The van der Waals surface area contributed by atoms with Crippen molar-refractivity contribution in [3.63, 3.8) is 0 Å². The molecule has 0 N–H and O–H groups in total. The molecule has 16 rings (SSSR count). The van der Waals surface area contributed by atoms with E-state index >= 15 is 4.21 Å². The molecule has 0 amide bonds. The van der Waals surface area contributed by atoms with Gasteiger partial charge in [0.25, 0.3) is 0 Å². The van der Waals surface area contributed by atoms with E-state index in [1.807, 2.05) is 284 Å². The summed E-state index contributed by atoms with van der Waals surface area (Å²) in [5, 5.41) is 0. The zero-order valence-electron chi connectivity index (χ0n) is 67.6. The Morgan fingerprint density at radius 3 is 0.828 bits per heavy atom.